The summed E-state index contributed by atoms with van der Waals surface area (Å²) in [5, 5.41) is 14.0. The van der Waals surface area contributed by atoms with Gasteiger partial charge in [0.05, 0.1) is 4.92 Å². The Bertz CT molecular complexity index is 394. The van der Waals surface area contributed by atoms with Crippen molar-refractivity contribution >= 4 is 32.3 Å². The number of hydrogen-bond acceptors (Lipinski definition) is 6. The molecule has 2 unspecified atom stereocenters. The van der Waals surface area contributed by atoms with Gasteiger partial charge in [0, 0.05) is 28.9 Å². The topological polar surface area (TPSA) is 85.1 Å². The van der Waals surface area contributed by atoms with Crippen LogP contribution >= 0.6 is 11.3 Å². The van der Waals surface area contributed by atoms with Crippen molar-refractivity contribution in [2.24, 2.45) is 0 Å². The van der Waals surface area contributed by atoms with Crippen LogP contribution in [0, 0.1) is 10.1 Å². The van der Waals surface area contributed by atoms with Crippen LogP contribution in [0.25, 0.3) is 0 Å². The summed E-state index contributed by atoms with van der Waals surface area (Å²) < 4.78 is 11.1. The van der Waals surface area contributed by atoms with Crippen molar-refractivity contribution in [1.82, 2.24) is 4.98 Å². The molecule has 0 saturated heterocycles. The molecule has 0 spiro atoms. The predicted molar refractivity (Wildman–Crippen MR) is 65.4 cm³/mol. The highest BCUT2D eigenvalue weighted by molar-refractivity contribution is 7.84. The minimum absolute atomic E-state index is 0.0228. The number of nitrogens with one attached hydrogen (secondary N) is 1. The van der Waals surface area contributed by atoms with Crippen LogP contribution < -0.4 is 5.32 Å². The van der Waals surface area contributed by atoms with Gasteiger partial charge in [0.1, 0.15) is 6.20 Å². The Morgan fingerprint density at radius 2 is 2.44 bits per heavy atom. The average Bonchev–Trinajstić information content (AvgIpc) is 2.66. The van der Waals surface area contributed by atoms with E-state index in [4.69, 9.17) is 0 Å². The van der Waals surface area contributed by atoms with Crippen molar-refractivity contribution in [3.05, 3.63) is 16.3 Å². The van der Waals surface area contributed by atoms with Crippen molar-refractivity contribution in [1.29, 1.82) is 0 Å². The van der Waals surface area contributed by atoms with Crippen molar-refractivity contribution in [3.8, 4) is 0 Å². The van der Waals surface area contributed by atoms with Crippen LogP contribution in [0.5, 0.6) is 0 Å². The van der Waals surface area contributed by atoms with Gasteiger partial charge in [-0.15, -0.1) is 0 Å². The third kappa shape index (κ3) is 3.86. The van der Waals surface area contributed by atoms with Gasteiger partial charge in [0.2, 0.25) is 0 Å². The molecule has 8 heteroatoms. The van der Waals surface area contributed by atoms with Gasteiger partial charge in [-0.2, -0.15) is 0 Å². The van der Waals surface area contributed by atoms with E-state index in [1.54, 1.807) is 6.26 Å². The second-order valence-electron chi connectivity index (χ2n) is 3.29. The summed E-state index contributed by atoms with van der Waals surface area (Å²) in [4.78, 5) is 13.8. The molecule has 6 nitrogen and oxygen atoms in total. The molecular formula is C8H13N3O3S2. The molecule has 0 aliphatic rings. The quantitative estimate of drug-likeness (QED) is 0.622. The predicted octanol–water partition coefficient (Wildman–Crippen LogP) is 1.62. The minimum atomic E-state index is -0.836. The van der Waals surface area contributed by atoms with E-state index in [0.29, 0.717) is 11.7 Å². The fourth-order valence-electron chi connectivity index (χ4n) is 0.980. The lowest BCUT2D eigenvalue weighted by Gasteiger charge is -2.07. The number of thiazole rings is 1. The molecule has 0 aliphatic carbocycles. The highest BCUT2D eigenvalue weighted by Gasteiger charge is 2.11. The van der Waals surface area contributed by atoms with Crippen LogP contribution in [0.3, 0.4) is 0 Å². The van der Waals surface area contributed by atoms with Gasteiger partial charge in [0.25, 0.3) is 0 Å². The van der Waals surface area contributed by atoms with Crippen molar-refractivity contribution in [2.75, 3.05) is 18.1 Å². The molecule has 0 radical (unpaired) electrons. The smallest absolute Gasteiger partial charge is 0.345 e. The zero-order valence-electron chi connectivity index (χ0n) is 9.00. The van der Waals surface area contributed by atoms with Crippen molar-refractivity contribution < 1.29 is 9.13 Å². The summed E-state index contributed by atoms with van der Waals surface area (Å²) in [6.07, 6.45) is 3.64. The molecule has 16 heavy (non-hydrogen) atoms. The van der Waals surface area contributed by atoms with Crippen LogP contribution in [0.15, 0.2) is 6.20 Å². The summed E-state index contributed by atoms with van der Waals surface area (Å²) in [6, 6.07) is 0. The lowest BCUT2D eigenvalue weighted by molar-refractivity contribution is -0.380. The van der Waals surface area contributed by atoms with Crippen LogP contribution in [-0.2, 0) is 10.8 Å². The Hall–Kier alpha value is -1.02. The second-order valence-corrected chi connectivity index (χ2v) is 6.10. The summed E-state index contributed by atoms with van der Waals surface area (Å²) in [5.41, 5.74) is 0. The first kappa shape index (κ1) is 13.0. The molecule has 0 aromatic carbocycles. The Morgan fingerprint density at radius 3 is 2.94 bits per heavy atom. The van der Waals surface area contributed by atoms with Gasteiger partial charge in [-0.05, 0) is 17.8 Å². The Labute approximate surface area is 99.7 Å². The molecule has 90 valence electrons. The first-order valence-electron chi connectivity index (χ1n) is 4.67. The molecule has 0 amide bonds. The van der Waals surface area contributed by atoms with Crippen LogP contribution in [-0.4, -0.2) is 32.2 Å². The van der Waals surface area contributed by atoms with Gasteiger partial charge >= 0.3 is 5.00 Å². The van der Waals surface area contributed by atoms with Crippen LogP contribution in [0.1, 0.15) is 13.3 Å². The average molecular weight is 263 g/mol. The second kappa shape index (κ2) is 5.90. The van der Waals surface area contributed by atoms with E-state index in [2.05, 4.69) is 10.3 Å². The third-order valence-corrected chi connectivity index (χ3v) is 4.34. The number of nitrogens with zero attached hydrogens (tertiary/aromatic N) is 2. The van der Waals surface area contributed by atoms with Crippen LogP contribution in [0.4, 0.5) is 10.1 Å². The first-order chi connectivity index (χ1) is 7.50. The van der Waals surface area contributed by atoms with Gasteiger partial charge in [-0.3, -0.25) is 14.3 Å². The molecule has 1 N–H and O–H groups in total. The molecular weight excluding hydrogens is 250 g/mol. The number of rotatable bonds is 6. The molecule has 1 heterocycles. The molecule has 0 aliphatic heterocycles. The number of hydrogen-bond donors (Lipinski definition) is 1. The Kier molecular flexibility index (Phi) is 4.81. The summed E-state index contributed by atoms with van der Waals surface area (Å²) in [6.45, 7) is 2.52. The fourth-order valence-corrected chi connectivity index (χ4v) is 2.09. The number of aromatic nitrogens is 1. The van der Waals surface area contributed by atoms with E-state index >= 15 is 0 Å². The highest BCUT2D eigenvalue weighted by Crippen LogP contribution is 2.24. The zero-order valence-corrected chi connectivity index (χ0v) is 10.6. The van der Waals surface area contributed by atoms with E-state index in [9.17, 15) is 14.3 Å². The number of anilines is 1. The molecule has 2 atom stereocenters. The summed E-state index contributed by atoms with van der Waals surface area (Å²) in [7, 11) is -0.836. The van der Waals surface area contributed by atoms with Crippen LogP contribution in [0.2, 0.25) is 0 Å². The van der Waals surface area contributed by atoms with Crippen molar-refractivity contribution in [2.45, 2.75) is 18.6 Å². The standard InChI is InChI=1S/C8H13N3O3S2/c1-6(16(2)14)3-4-9-8-10-5-7(15-8)11(12)13/h5-6H,3-4H2,1-2H3,(H,9,10). The fraction of sp³-hybridized carbons (Fsp3) is 0.625. The zero-order chi connectivity index (χ0) is 12.1. The van der Waals surface area contributed by atoms with Gasteiger partial charge < -0.3 is 5.32 Å². The maximum Gasteiger partial charge on any atom is 0.345 e. The molecule has 1 rings (SSSR count). The highest BCUT2D eigenvalue weighted by atomic mass is 32.2. The van der Waals surface area contributed by atoms with Crippen molar-refractivity contribution in [3.63, 3.8) is 0 Å². The lowest BCUT2D eigenvalue weighted by atomic mass is 10.3. The van der Waals surface area contributed by atoms with Gasteiger partial charge in [-0.25, -0.2) is 4.98 Å². The normalized spacial score (nSPS) is 14.4. The first-order valence-corrected chi connectivity index (χ1v) is 7.10. The third-order valence-electron chi connectivity index (χ3n) is 2.07. The largest absolute Gasteiger partial charge is 0.361 e. The monoisotopic (exact) mass is 263 g/mol. The van der Waals surface area contributed by atoms with E-state index < -0.39 is 15.7 Å². The minimum Gasteiger partial charge on any atom is -0.361 e. The van der Waals surface area contributed by atoms with E-state index in [1.165, 1.54) is 6.20 Å². The molecule has 0 bridgehead atoms. The Morgan fingerprint density at radius 1 is 1.75 bits per heavy atom. The Balaban J connectivity index is 2.37. The van der Waals surface area contributed by atoms with E-state index in [-0.39, 0.29) is 10.3 Å². The number of nitro groups is 1. The molecule has 0 fully saturated rings. The van der Waals surface area contributed by atoms with Gasteiger partial charge in [-0.1, -0.05) is 6.92 Å². The molecule has 1 aromatic rings. The van der Waals surface area contributed by atoms with Gasteiger partial charge in [0.15, 0.2) is 5.13 Å². The maximum atomic E-state index is 11.1. The maximum absolute atomic E-state index is 11.1. The van der Waals surface area contributed by atoms with E-state index in [1.807, 2.05) is 6.92 Å². The SMILES string of the molecule is CC(CCNc1ncc([N+](=O)[O-])s1)S(C)=O. The molecule has 0 saturated carbocycles. The lowest BCUT2D eigenvalue weighted by Crippen LogP contribution is -2.14. The molecule has 1 aromatic heterocycles. The summed E-state index contributed by atoms with van der Waals surface area (Å²) in [5.74, 6) is 0. The van der Waals surface area contributed by atoms with E-state index in [0.717, 1.165) is 17.8 Å². The summed E-state index contributed by atoms with van der Waals surface area (Å²) >= 11 is 1.00.